The molecular formula is C17H18ClNO2. The van der Waals surface area contributed by atoms with Gasteiger partial charge in [-0.05, 0) is 30.7 Å². The molecule has 0 aliphatic heterocycles. The van der Waals surface area contributed by atoms with E-state index in [2.05, 4.69) is 5.32 Å². The number of carbonyl (C=O) groups is 1. The molecule has 2 rings (SSSR count). The lowest BCUT2D eigenvalue weighted by atomic mass is 10.1. The first kappa shape index (κ1) is 15.4. The lowest BCUT2D eigenvalue weighted by molar-refractivity contribution is -0.144. The van der Waals surface area contributed by atoms with Gasteiger partial charge >= 0.3 is 5.97 Å². The quantitative estimate of drug-likeness (QED) is 0.822. The zero-order chi connectivity index (χ0) is 15.1. The molecule has 0 spiro atoms. The molecule has 0 aliphatic carbocycles. The molecule has 2 aromatic carbocycles. The lowest BCUT2D eigenvalue weighted by Crippen LogP contribution is -2.33. The second kappa shape index (κ2) is 7.70. The zero-order valence-electron chi connectivity index (χ0n) is 11.9. The molecule has 0 bridgehead atoms. The number of esters is 1. The van der Waals surface area contributed by atoms with Crippen LogP contribution in [-0.2, 0) is 16.0 Å². The van der Waals surface area contributed by atoms with Crippen molar-refractivity contribution in [3.63, 3.8) is 0 Å². The van der Waals surface area contributed by atoms with Gasteiger partial charge in [-0.1, -0.05) is 48.0 Å². The summed E-state index contributed by atoms with van der Waals surface area (Å²) in [5.41, 5.74) is 1.88. The Kier molecular flexibility index (Phi) is 5.64. The molecule has 0 aliphatic rings. The third-order valence-corrected chi connectivity index (χ3v) is 3.25. The van der Waals surface area contributed by atoms with Gasteiger partial charge in [0.05, 0.1) is 6.61 Å². The van der Waals surface area contributed by atoms with Crippen LogP contribution in [0.3, 0.4) is 0 Å². The number of rotatable bonds is 6. The molecule has 4 heteroatoms. The fourth-order valence-corrected chi connectivity index (χ4v) is 2.26. The summed E-state index contributed by atoms with van der Waals surface area (Å²) in [5.74, 6) is -0.263. The molecule has 0 fully saturated rings. The van der Waals surface area contributed by atoms with E-state index in [9.17, 15) is 4.79 Å². The van der Waals surface area contributed by atoms with Crippen LogP contribution in [0.1, 0.15) is 12.5 Å². The van der Waals surface area contributed by atoms with E-state index >= 15 is 0 Å². The smallest absolute Gasteiger partial charge is 0.328 e. The molecule has 0 aromatic heterocycles. The Bertz CT molecular complexity index is 586. The molecule has 2 aromatic rings. The van der Waals surface area contributed by atoms with Crippen LogP contribution in [-0.4, -0.2) is 18.6 Å². The molecule has 0 radical (unpaired) electrons. The first-order valence-electron chi connectivity index (χ1n) is 6.91. The molecule has 1 unspecified atom stereocenters. The highest BCUT2D eigenvalue weighted by Gasteiger charge is 2.20. The van der Waals surface area contributed by atoms with Crippen LogP contribution in [0.25, 0.3) is 0 Å². The van der Waals surface area contributed by atoms with E-state index in [1.807, 2.05) is 42.5 Å². The Morgan fingerprint density at radius 1 is 1.19 bits per heavy atom. The van der Waals surface area contributed by atoms with Crippen molar-refractivity contribution in [2.75, 3.05) is 11.9 Å². The highest BCUT2D eigenvalue weighted by Crippen LogP contribution is 2.17. The number of anilines is 1. The Labute approximate surface area is 129 Å². The molecule has 0 saturated carbocycles. The Hall–Kier alpha value is -2.00. The minimum atomic E-state index is -0.439. The monoisotopic (exact) mass is 303 g/mol. The van der Waals surface area contributed by atoms with E-state index < -0.39 is 6.04 Å². The van der Waals surface area contributed by atoms with E-state index in [1.54, 1.807) is 19.1 Å². The van der Waals surface area contributed by atoms with Gasteiger partial charge in [0.15, 0.2) is 0 Å². The first-order chi connectivity index (χ1) is 10.2. The normalized spacial score (nSPS) is 11.7. The number of nitrogens with one attached hydrogen (secondary N) is 1. The summed E-state index contributed by atoms with van der Waals surface area (Å²) in [6, 6.07) is 16.7. The third kappa shape index (κ3) is 4.80. The summed E-state index contributed by atoms with van der Waals surface area (Å²) >= 11 is 5.97. The van der Waals surface area contributed by atoms with E-state index in [0.29, 0.717) is 18.1 Å². The maximum absolute atomic E-state index is 12.1. The highest BCUT2D eigenvalue weighted by molar-refractivity contribution is 6.30. The number of ether oxygens (including phenoxy) is 1. The first-order valence-corrected chi connectivity index (χ1v) is 7.29. The minimum absolute atomic E-state index is 0.263. The second-order valence-electron chi connectivity index (χ2n) is 4.65. The summed E-state index contributed by atoms with van der Waals surface area (Å²) in [4.78, 5) is 12.1. The summed E-state index contributed by atoms with van der Waals surface area (Å²) < 4.78 is 5.14. The summed E-state index contributed by atoms with van der Waals surface area (Å²) in [7, 11) is 0. The predicted molar refractivity (Wildman–Crippen MR) is 85.6 cm³/mol. The van der Waals surface area contributed by atoms with Crippen LogP contribution in [0.4, 0.5) is 5.69 Å². The molecule has 1 N–H and O–H groups in total. The van der Waals surface area contributed by atoms with Crippen molar-refractivity contribution in [3.05, 3.63) is 65.2 Å². The van der Waals surface area contributed by atoms with E-state index in [1.165, 1.54) is 0 Å². The molecule has 0 saturated heterocycles. The third-order valence-electron chi connectivity index (χ3n) is 3.02. The van der Waals surface area contributed by atoms with Crippen LogP contribution in [0.5, 0.6) is 0 Å². The van der Waals surface area contributed by atoms with Gasteiger partial charge in [-0.2, -0.15) is 0 Å². The summed E-state index contributed by atoms with van der Waals surface area (Å²) in [6.07, 6.45) is 0.562. The fraction of sp³-hybridized carbons (Fsp3) is 0.235. The van der Waals surface area contributed by atoms with Crippen LogP contribution < -0.4 is 5.32 Å². The van der Waals surface area contributed by atoms with Gasteiger partial charge < -0.3 is 10.1 Å². The van der Waals surface area contributed by atoms with Crippen LogP contribution in [0.15, 0.2) is 54.6 Å². The standard InChI is InChI=1S/C17H18ClNO2/c1-2-21-17(20)16(11-13-7-4-3-5-8-13)19-15-10-6-9-14(18)12-15/h3-10,12,16,19H,2,11H2,1H3. The molecule has 0 heterocycles. The average Bonchev–Trinajstić information content (AvgIpc) is 2.48. The molecule has 21 heavy (non-hydrogen) atoms. The van der Waals surface area contributed by atoms with Crippen molar-refractivity contribution in [2.45, 2.75) is 19.4 Å². The average molecular weight is 304 g/mol. The summed E-state index contributed by atoms with van der Waals surface area (Å²) in [6.45, 7) is 2.16. The predicted octanol–water partition coefficient (Wildman–Crippen LogP) is 3.93. The number of hydrogen-bond acceptors (Lipinski definition) is 3. The summed E-state index contributed by atoms with van der Waals surface area (Å²) in [5, 5.41) is 3.82. The maximum atomic E-state index is 12.1. The lowest BCUT2D eigenvalue weighted by Gasteiger charge is -2.18. The van der Waals surface area contributed by atoms with Crippen molar-refractivity contribution in [1.29, 1.82) is 0 Å². The van der Waals surface area contributed by atoms with Gasteiger partial charge in [-0.25, -0.2) is 4.79 Å². The van der Waals surface area contributed by atoms with Crippen molar-refractivity contribution in [3.8, 4) is 0 Å². The molecule has 110 valence electrons. The van der Waals surface area contributed by atoms with Gasteiger partial charge in [0.2, 0.25) is 0 Å². The SMILES string of the molecule is CCOC(=O)C(Cc1ccccc1)Nc1cccc(Cl)c1. The molecule has 1 atom stereocenters. The van der Waals surface area contributed by atoms with Crippen LogP contribution in [0, 0.1) is 0 Å². The number of hydrogen-bond donors (Lipinski definition) is 1. The Balaban J connectivity index is 2.14. The van der Waals surface area contributed by atoms with E-state index in [-0.39, 0.29) is 5.97 Å². The van der Waals surface area contributed by atoms with Crippen molar-refractivity contribution in [2.24, 2.45) is 0 Å². The number of benzene rings is 2. The highest BCUT2D eigenvalue weighted by atomic mass is 35.5. The van der Waals surface area contributed by atoms with Crippen LogP contribution in [0.2, 0.25) is 5.02 Å². The number of halogens is 1. The van der Waals surface area contributed by atoms with Gasteiger partial charge in [-0.3, -0.25) is 0 Å². The van der Waals surface area contributed by atoms with Gasteiger partial charge in [-0.15, -0.1) is 0 Å². The Morgan fingerprint density at radius 2 is 1.95 bits per heavy atom. The minimum Gasteiger partial charge on any atom is -0.464 e. The van der Waals surface area contributed by atoms with Crippen molar-refractivity contribution in [1.82, 2.24) is 0 Å². The van der Waals surface area contributed by atoms with Gasteiger partial charge in [0, 0.05) is 17.1 Å². The van der Waals surface area contributed by atoms with E-state index in [4.69, 9.17) is 16.3 Å². The van der Waals surface area contributed by atoms with E-state index in [0.717, 1.165) is 11.3 Å². The molecule has 0 amide bonds. The maximum Gasteiger partial charge on any atom is 0.328 e. The molecular weight excluding hydrogens is 286 g/mol. The van der Waals surface area contributed by atoms with Crippen molar-refractivity contribution >= 4 is 23.3 Å². The Morgan fingerprint density at radius 3 is 2.62 bits per heavy atom. The van der Waals surface area contributed by atoms with Crippen LogP contribution >= 0.6 is 11.6 Å². The van der Waals surface area contributed by atoms with Gasteiger partial charge in [0.1, 0.15) is 6.04 Å². The number of carbonyl (C=O) groups excluding carboxylic acids is 1. The fourth-order valence-electron chi connectivity index (χ4n) is 2.07. The van der Waals surface area contributed by atoms with Crippen molar-refractivity contribution < 1.29 is 9.53 Å². The van der Waals surface area contributed by atoms with Gasteiger partial charge in [0.25, 0.3) is 0 Å². The topological polar surface area (TPSA) is 38.3 Å². The largest absolute Gasteiger partial charge is 0.464 e. The zero-order valence-corrected chi connectivity index (χ0v) is 12.6. The molecule has 3 nitrogen and oxygen atoms in total. The second-order valence-corrected chi connectivity index (χ2v) is 5.09.